The van der Waals surface area contributed by atoms with Gasteiger partial charge in [-0.25, -0.2) is 5.43 Å². The van der Waals surface area contributed by atoms with Crippen LogP contribution in [0.1, 0.15) is 22.7 Å². The van der Waals surface area contributed by atoms with Gasteiger partial charge in [-0.05, 0) is 41.8 Å². The standard InChI is InChI=1S/C15H17BrN2O/c1-10-6-7-12(9-14(10)16)15(18-17)11-4-3-5-13(8-11)19-2/h3-9,15,18H,17H2,1-2H3. The molecule has 4 heteroatoms. The Bertz CT molecular complexity index is 572. The highest BCUT2D eigenvalue weighted by Gasteiger charge is 2.13. The molecule has 0 aromatic heterocycles. The Morgan fingerprint density at radius 2 is 1.89 bits per heavy atom. The van der Waals surface area contributed by atoms with Crippen LogP contribution in [0.3, 0.4) is 0 Å². The average Bonchev–Trinajstić information content (AvgIpc) is 2.44. The molecular weight excluding hydrogens is 304 g/mol. The minimum absolute atomic E-state index is 0.0630. The van der Waals surface area contributed by atoms with E-state index in [9.17, 15) is 0 Å². The normalized spacial score (nSPS) is 12.2. The summed E-state index contributed by atoms with van der Waals surface area (Å²) >= 11 is 3.55. The van der Waals surface area contributed by atoms with E-state index in [1.165, 1.54) is 5.56 Å². The lowest BCUT2D eigenvalue weighted by Crippen LogP contribution is -2.28. The van der Waals surface area contributed by atoms with Crippen LogP contribution in [0.15, 0.2) is 46.9 Å². The molecule has 0 heterocycles. The van der Waals surface area contributed by atoms with Crippen molar-refractivity contribution in [2.24, 2.45) is 5.84 Å². The highest BCUT2D eigenvalue weighted by Crippen LogP contribution is 2.27. The van der Waals surface area contributed by atoms with Crippen LogP contribution in [-0.4, -0.2) is 7.11 Å². The molecule has 3 N–H and O–H groups in total. The first-order valence-corrected chi connectivity index (χ1v) is 6.81. The van der Waals surface area contributed by atoms with Crippen molar-refractivity contribution < 1.29 is 4.74 Å². The molecule has 0 aliphatic heterocycles. The maximum atomic E-state index is 5.71. The Kier molecular flexibility index (Phi) is 4.58. The van der Waals surface area contributed by atoms with Gasteiger partial charge in [0.15, 0.2) is 0 Å². The van der Waals surface area contributed by atoms with Crippen LogP contribution in [-0.2, 0) is 0 Å². The first kappa shape index (κ1) is 14.1. The second-order valence-electron chi connectivity index (χ2n) is 4.38. The lowest BCUT2D eigenvalue weighted by atomic mass is 9.98. The lowest BCUT2D eigenvalue weighted by molar-refractivity contribution is 0.413. The zero-order valence-corrected chi connectivity index (χ0v) is 12.6. The fraction of sp³-hybridized carbons (Fsp3) is 0.200. The van der Waals surface area contributed by atoms with Crippen LogP contribution in [0.25, 0.3) is 0 Å². The quantitative estimate of drug-likeness (QED) is 0.671. The van der Waals surface area contributed by atoms with E-state index < -0.39 is 0 Å². The molecule has 0 bridgehead atoms. The topological polar surface area (TPSA) is 47.3 Å². The Morgan fingerprint density at radius 1 is 1.16 bits per heavy atom. The van der Waals surface area contributed by atoms with Crippen molar-refractivity contribution in [3.8, 4) is 5.75 Å². The number of nitrogens with one attached hydrogen (secondary N) is 1. The van der Waals surface area contributed by atoms with Crippen molar-refractivity contribution in [3.05, 3.63) is 63.6 Å². The summed E-state index contributed by atoms with van der Waals surface area (Å²) in [6.45, 7) is 2.06. The van der Waals surface area contributed by atoms with Gasteiger partial charge in [0.2, 0.25) is 0 Å². The smallest absolute Gasteiger partial charge is 0.119 e. The molecule has 1 unspecified atom stereocenters. The van der Waals surface area contributed by atoms with E-state index in [2.05, 4.69) is 46.5 Å². The molecule has 100 valence electrons. The van der Waals surface area contributed by atoms with Crippen LogP contribution in [0, 0.1) is 6.92 Å². The number of benzene rings is 2. The number of hydrazine groups is 1. The molecule has 3 nitrogen and oxygen atoms in total. The summed E-state index contributed by atoms with van der Waals surface area (Å²) in [7, 11) is 1.66. The fourth-order valence-corrected chi connectivity index (χ4v) is 2.39. The molecule has 0 amide bonds. The van der Waals surface area contributed by atoms with Gasteiger partial charge in [0, 0.05) is 4.47 Å². The number of methoxy groups -OCH3 is 1. The van der Waals surface area contributed by atoms with Gasteiger partial charge in [-0.3, -0.25) is 5.84 Å². The molecule has 0 aliphatic rings. The third-order valence-electron chi connectivity index (χ3n) is 3.12. The molecule has 0 fully saturated rings. The fourth-order valence-electron chi connectivity index (χ4n) is 1.99. The Balaban J connectivity index is 2.40. The van der Waals surface area contributed by atoms with Gasteiger partial charge in [-0.1, -0.05) is 40.2 Å². The summed E-state index contributed by atoms with van der Waals surface area (Å²) in [4.78, 5) is 0. The largest absolute Gasteiger partial charge is 0.497 e. The monoisotopic (exact) mass is 320 g/mol. The summed E-state index contributed by atoms with van der Waals surface area (Å²) in [6.07, 6.45) is 0. The lowest BCUT2D eigenvalue weighted by Gasteiger charge is -2.18. The molecule has 1 atom stereocenters. The average molecular weight is 321 g/mol. The number of nitrogens with two attached hydrogens (primary N) is 1. The van der Waals surface area contributed by atoms with Crippen LogP contribution in [0.4, 0.5) is 0 Å². The van der Waals surface area contributed by atoms with Gasteiger partial charge in [-0.2, -0.15) is 0 Å². The van der Waals surface area contributed by atoms with Crippen LogP contribution < -0.4 is 16.0 Å². The third kappa shape index (κ3) is 3.15. The minimum Gasteiger partial charge on any atom is -0.497 e. The zero-order chi connectivity index (χ0) is 13.8. The first-order valence-electron chi connectivity index (χ1n) is 6.02. The molecule has 0 spiro atoms. The van der Waals surface area contributed by atoms with E-state index in [0.717, 1.165) is 21.3 Å². The first-order chi connectivity index (χ1) is 9.15. The van der Waals surface area contributed by atoms with Gasteiger partial charge in [-0.15, -0.1) is 0 Å². The van der Waals surface area contributed by atoms with Crippen molar-refractivity contribution in [3.63, 3.8) is 0 Å². The maximum Gasteiger partial charge on any atom is 0.119 e. The number of hydrogen-bond acceptors (Lipinski definition) is 3. The van der Waals surface area contributed by atoms with Crippen molar-refractivity contribution in [1.82, 2.24) is 5.43 Å². The summed E-state index contributed by atoms with van der Waals surface area (Å²) < 4.78 is 6.33. The number of hydrogen-bond donors (Lipinski definition) is 2. The third-order valence-corrected chi connectivity index (χ3v) is 3.98. The van der Waals surface area contributed by atoms with Gasteiger partial charge in [0.25, 0.3) is 0 Å². The van der Waals surface area contributed by atoms with Gasteiger partial charge < -0.3 is 4.74 Å². The zero-order valence-electron chi connectivity index (χ0n) is 11.0. The molecule has 0 aliphatic carbocycles. The second kappa shape index (κ2) is 6.19. The molecule has 0 radical (unpaired) electrons. The van der Waals surface area contributed by atoms with Crippen molar-refractivity contribution in [1.29, 1.82) is 0 Å². The molecular formula is C15H17BrN2O. The molecule has 2 rings (SSSR count). The Labute approximate surface area is 121 Å². The van der Waals surface area contributed by atoms with E-state index in [1.807, 2.05) is 24.3 Å². The minimum atomic E-state index is -0.0630. The summed E-state index contributed by atoms with van der Waals surface area (Å²) in [6, 6.07) is 14.1. The highest BCUT2D eigenvalue weighted by atomic mass is 79.9. The SMILES string of the molecule is COc1cccc(C(NN)c2ccc(C)c(Br)c2)c1. The Morgan fingerprint density at radius 3 is 2.53 bits per heavy atom. The molecule has 0 saturated heterocycles. The van der Waals surface area contributed by atoms with Gasteiger partial charge in [0.1, 0.15) is 5.75 Å². The van der Waals surface area contributed by atoms with E-state index in [0.29, 0.717) is 0 Å². The van der Waals surface area contributed by atoms with Crippen molar-refractivity contribution in [2.75, 3.05) is 7.11 Å². The molecule has 0 saturated carbocycles. The molecule has 2 aromatic carbocycles. The molecule has 19 heavy (non-hydrogen) atoms. The van der Waals surface area contributed by atoms with Crippen molar-refractivity contribution in [2.45, 2.75) is 13.0 Å². The predicted molar refractivity (Wildman–Crippen MR) is 81.0 cm³/mol. The highest BCUT2D eigenvalue weighted by molar-refractivity contribution is 9.10. The van der Waals surface area contributed by atoms with Crippen LogP contribution in [0.5, 0.6) is 5.75 Å². The number of aryl methyl sites for hydroxylation is 1. The van der Waals surface area contributed by atoms with E-state index in [1.54, 1.807) is 7.11 Å². The Hall–Kier alpha value is -1.36. The summed E-state index contributed by atoms with van der Waals surface area (Å²) in [5.41, 5.74) is 6.23. The maximum absolute atomic E-state index is 5.71. The number of ether oxygens (including phenoxy) is 1. The van der Waals surface area contributed by atoms with Crippen molar-refractivity contribution >= 4 is 15.9 Å². The van der Waals surface area contributed by atoms with E-state index in [4.69, 9.17) is 10.6 Å². The van der Waals surface area contributed by atoms with Crippen LogP contribution in [0.2, 0.25) is 0 Å². The van der Waals surface area contributed by atoms with Gasteiger partial charge >= 0.3 is 0 Å². The number of rotatable bonds is 4. The molecule has 2 aromatic rings. The second-order valence-corrected chi connectivity index (χ2v) is 5.24. The van der Waals surface area contributed by atoms with E-state index in [-0.39, 0.29) is 6.04 Å². The summed E-state index contributed by atoms with van der Waals surface area (Å²) in [5, 5.41) is 0. The number of halogens is 1. The predicted octanol–water partition coefficient (Wildman–Crippen LogP) is 3.32. The van der Waals surface area contributed by atoms with Gasteiger partial charge in [0.05, 0.1) is 13.2 Å². The van der Waals surface area contributed by atoms with E-state index >= 15 is 0 Å². The summed E-state index contributed by atoms with van der Waals surface area (Å²) in [5.74, 6) is 6.53. The van der Waals surface area contributed by atoms with Crippen LogP contribution >= 0.6 is 15.9 Å².